The summed E-state index contributed by atoms with van der Waals surface area (Å²) < 4.78 is 11.0. The lowest BCUT2D eigenvalue weighted by molar-refractivity contribution is 0.112. The van der Waals surface area contributed by atoms with Gasteiger partial charge < -0.3 is 9.16 Å². The largest absolute Gasteiger partial charge is 0.542 e. The van der Waals surface area contributed by atoms with Gasteiger partial charge in [-0.25, -0.2) is 0 Å². The highest BCUT2D eigenvalue weighted by Gasteiger charge is 2.18. The molecule has 0 fully saturated rings. The van der Waals surface area contributed by atoms with Crippen molar-refractivity contribution in [1.29, 1.82) is 0 Å². The number of carbonyl (C=O) groups excluding carboxylic acids is 1. The van der Waals surface area contributed by atoms with E-state index in [-0.39, 0.29) is 0 Å². The van der Waals surface area contributed by atoms with E-state index in [2.05, 4.69) is 19.6 Å². The molecule has 3 nitrogen and oxygen atoms in total. The summed E-state index contributed by atoms with van der Waals surface area (Å²) >= 11 is 0. The summed E-state index contributed by atoms with van der Waals surface area (Å²) in [6.07, 6.45) is 0.802. The quantitative estimate of drug-likeness (QED) is 0.582. The van der Waals surface area contributed by atoms with Crippen LogP contribution in [0, 0.1) is 0 Å². The molecule has 0 unspecified atom stereocenters. The first kappa shape index (κ1) is 11.8. The number of rotatable bonds is 4. The Labute approximate surface area is 91.1 Å². The fraction of sp³-hybridized carbons (Fsp3) is 0.364. The van der Waals surface area contributed by atoms with Gasteiger partial charge in [-0.05, 0) is 37.8 Å². The fourth-order valence-corrected chi connectivity index (χ4v) is 2.00. The number of ether oxygens (including phenoxy) is 1. The molecule has 0 atom stereocenters. The third-order valence-corrected chi connectivity index (χ3v) is 2.57. The standard InChI is InChI=1S/C11H16O3Si/c1-13-10-6-5-9(8-12)7-11(10)14-15(2,3)4/h5-8H,1-4H3. The molecule has 1 rings (SSSR count). The summed E-state index contributed by atoms with van der Waals surface area (Å²) in [7, 11) is -0.0870. The lowest BCUT2D eigenvalue weighted by Gasteiger charge is -2.21. The first-order chi connectivity index (χ1) is 6.96. The molecule has 0 aliphatic carbocycles. The second-order valence-electron chi connectivity index (χ2n) is 4.24. The number of carbonyl (C=O) groups is 1. The van der Waals surface area contributed by atoms with Crippen molar-refractivity contribution in [3.63, 3.8) is 0 Å². The average molecular weight is 224 g/mol. The molecule has 15 heavy (non-hydrogen) atoms. The van der Waals surface area contributed by atoms with E-state index in [4.69, 9.17) is 9.16 Å². The van der Waals surface area contributed by atoms with Crippen LogP contribution >= 0.6 is 0 Å². The molecule has 1 aromatic rings. The number of methoxy groups -OCH3 is 1. The second kappa shape index (κ2) is 4.48. The van der Waals surface area contributed by atoms with Crippen molar-refractivity contribution in [2.24, 2.45) is 0 Å². The summed E-state index contributed by atoms with van der Waals surface area (Å²) in [5.41, 5.74) is 0.601. The molecular weight excluding hydrogens is 208 g/mol. The predicted molar refractivity (Wildman–Crippen MR) is 62.4 cm³/mol. The van der Waals surface area contributed by atoms with E-state index >= 15 is 0 Å². The van der Waals surface area contributed by atoms with E-state index in [1.165, 1.54) is 0 Å². The molecule has 82 valence electrons. The number of benzene rings is 1. The smallest absolute Gasteiger partial charge is 0.242 e. The summed E-state index contributed by atoms with van der Waals surface area (Å²) in [5.74, 6) is 1.32. The zero-order chi connectivity index (χ0) is 11.5. The molecule has 0 N–H and O–H groups in total. The van der Waals surface area contributed by atoms with Crippen LogP contribution in [0.4, 0.5) is 0 Å². The number of hydrogen-bond acceptors (Lipinski definition) is 3. The van der Waals surface area contributed by atoms with Crippen LogP contribution < -0.4 is 9.16 Å². The topological polar surface area (TPSA) is 35.5 Å². The van der Waals surface area contributed by atoms with Gasteiger partial charge in [0.2, 0.25) is 8.32 Å². The van der Waals surface area contributed by atoms with Crippen LogP contribution in [0.1, 0.15) is 10.4 Å². The van der Waals surface area contributed by atoms with Gasteiger partial charge in [0.1, 0.15) is 12.0 Å². The van der Waals surface area contributed by atoms with Crippen molar-refractivity contribution in [3.05, 3.63) is 23.8 Å². The molecule has 0 amide bonds. The Morgan fingerprint density at radius 2 is 1.87 bits per heavy atom. The molecule has 1 aromatic carbocycles. The Balaban J connectivity index is 3.06. The monoisotopic (exact) mass is 224 g/mol. The van der Waals surface area contributed by atoms with Crippen LogP contribution in [0.15, 0.2) is 18.2 Å². The highest BCUT2D eigenvalue weighted by atomic mass is 28.4. The molecule has 0 aromatic heterocycles. The highest BCUT2D eigenvalue weighted by molar-refractivity contribution is 6.70. The fourth-order valence-electron chi connectivity index (χ4n) is 1.18. The van der Waals surface area contributed by atoms with Gasteiger partial charge in [0.15, 0.2) is 5.75 Å². The Bertz CT molecular complexity index is 355. The molecule has 0 aliphatic heterocycles. The maximum Gasteiger partial charge on any atom is 0.242 e. The maximum atomic E-state index is 10.6. The van der Waals surface area contributed by atoms with Crippen molar-refractivity contribution >= 4 is 14.6 Å². The molecule has 0 aliphatic rings. The maximum absolute atomic E-state index is 10.6. The molecule has 0 saturated heterocycles. The zero-order valence-electron chi connectivity index (χ0n) is 9.53. The minimum atomic E-state index is -1.68. The van der Waals surface area contributed by atoms with Crippen molar-refractivity contribution in [2.45, 2.75) is 19.6 Å². The van der Waals surface area contributed by atoms with Crippen LogP contribution in [0.3, 0.4) is 0 Å². The first-order valence-corrected chi connectivity index (χ1v) is 8.19. The average Bonchev–Trinajstić information content (AvgIpc) is 2.15. The van der Waals surface area contributed by atoms with Gasteiger partial charge in [-0.3, -0.25) is 4.79 Å². The van der Waals surface area contributed by atoms with E-state index in [0.29, 0.717) is 17.1 Å². The summed E-state index contributed by atoms with van der Waals surface area (Å²) in [5, 5.41) is 0. The Kier molecular flexibility index (Phi) is 3.52. The molecule has 4 heteroatoms. The highest BCUT2D eigenvalue weighted by Crippen LogP contribution is 2.29. The van der Waals surface area contributed by atoms with Crippen LogP contribution in [0.2, 0.25) is 19.6 Å². The molecule has 0 saturated carbocycles. The second-order valence-corrected chi connectivity index (χ2v) is 8.67. The van der Waals surface area contributed by atoms with Crippen LogP contribution in [0.25, 0.3) is 0 Å². The van der Waals surface area contributed by atoms with E-state index in [1.54, 1.807) is 25.3 Å². The van der Waals surface area contributed by atoms with Gasteiger partial charge in [0, 0.05) is 5.56 Å². The van der Waals surface area contributed by atoms with E-state index in [0.717, 1.165) is 6.29 Å². The number of aldehydes is 1. The van der Waals surface area contributed by atoms with Crippen molar-refractivity contribution in [1.82, 2.24) is 0 Å². The lowest BCUT2D eigenvalue weighted by atomic mass is 10.2. The summed E-state index contributed by atoms with van der Waals surface area (Å²) in [6.45, 7) is 6.25. The van der Waals surface area contributed by atoms with E-state index in [9.17, 15) is 4.79 Å². The van der Waals surface area contributed by atoms with Crippen LogP contribution in [0.5, 0.6) is 11.5 Å². The van der Waals surface area contributed by atoms with Crippen LogP contribution in [-0.2, 0) is 0 Å². The van der Waals surface area contributed by atoms with E-state index in [1.807, 2.05) is 0 Å². The van der Waals surface area contributed by atoms with Gasteiger partial charge in [-0.15, -0.1) is 0 Å². The van der Waals surface area contributed by atoms with E-state index < -0.39 is 8.32 Å². The van der Waals surface area contributed by atoms with Gasteiger partial charge in [-0.2, -0.15) is 0 Å². The Hall–Kier alpha value is -1.29. The number of hydrogen-bond donors (Lipinski definition) is 0. The zero-order valence-corrected chi connectivity index (χ0v) is 10.5. The molecule has 0 spiro atoms. The minimum Gasteiger partial charge on any atom is -0.542 e. The third-order valence-electron chi connectivity index (χ3n) is 1.74. The van der Waals surface area contributed by atoms with Gasteiger partial charge >= 0.3 is 0 Å². The molecule has 0 heterocycles. The minimum absolute atomic E-state index is 0.601. The Morgan fingerprint density at radius 3 is 2.33 bits per heavy atom. The predicted octanol–water partition coefficient (Wildman–Crippen LogP) is 2.72. The summed E-state index contributed by atoms with van der Waals surface area (Å²) in [6, 6.07) is 5.17. The van der Waals surface area contributed by atoms with Crippen LogP contribution in [-0.4, -0.2) is 21.7 Å². The lowest BCUT2D eigenvalue weighted by Crippen LogP contribution is -2.29. The van der Waals surface area contributed by atoms with Gasteiger partial charge in [0.05, 0.1) is 7.11 Å². The van der Waals surface area contributed by atoms with Gasteiger partial charge in [0.25, 0.3) is 0 Å². The first-order valence-electron chi connectivity index (χ1n) is 4.78. The van der Waals surface area contributed by atoms with Crippen molar-refractivity contribution < 1.29 is 14.0 Å². The molecule has 0 radical (unpaired) electrons. The Morgan fingerprint density at radius 1 is 1.20 bits per heavy atom. The van der Waals surface area contributed by atoms with Crippen molar-refractivity contribution in [2.75, 3.05) is 7.11 Å². The van der Waals surface area contributed by atoms with Gasteiger partial charge in [-0.1, -0.05) is 0 Å². The summed E-state index contributed by atoms with van der Waals surface area (Å²) in [4.78, 5) is 10.6. The normalized spacial score (nSPS) is 10.9. The molecule has 0 bridgehead atoms. The van der Waals surface area contributed by atoms with Crippen molar-refractivity contribution in [3.8, 4) is 11.5 Å². The SMILES string of the molecule is COc1ccc(C=O)cc1O[Si](C)(C)C. The molecular formula is C11H16O3Si. The third kappa shape index (κ3) is 3.40.